The van der Waals surface area contributed by atoms with Gasteiger partial charge in [0.2, 0.25) is 10.0 Å². The molecule has 0 saturated carbocycles. The van der Waals surface area contributed by atoms with Gasteiger partial charge in [0, 0.05) is 13.1 Å². The van der Waals surface area contributed by atoms with Crippen LogP contribution in [0.5, 0.6) is 11.5 Å². The van der Waals surface area contributed by atoms with Crippen LogP contribution in [0.3, 0.4) is 0 Å². The third kappa shape index (κ3) is 7.07. The van der Waals surface area contributed by atoms with Gasteiger partial charge in [0.15, 0.2) is 6.10 Å². The number of carbonyl (C=O) groups excluding carboxylic acids is 1. The summed E-state index contributed by atoms with van der Waals surface area (Å²) in [6, 6.07) is 13.1. The van der Waals surface area contributed by atoms with Crippen LogP contribution >= 0.6 is 0 Å². The predicted octanol–water partition coefficient (Wildman–Crippen LogP) is 2.71. The average Bonchev–Trinajstić information content (AvgIpc) is 2.71. The van der Waals surface area contributed by atoms with Crippen LogP contribution in [0.25, 0.3) is 0 Å². The first kappa shape index (κ1) is 22.7. The van der Waals surface area contributed by atoms with Crippen LogP contribution < -0.4 is 19.5 Å². The monoisotopic (exact) mass is 420 g/mol. The van der Waals surface area contributed by atoms with E-state index in [9.17, 15) is 13.2 Å². The lowest BCUT2D eigenvalue weighted by Gasteiger charge is -2.16. The van der Waals surface area contributed by atoms with E-state index in [2.05, 4.69) is 10.0 Å². The van der Waals surface area contributed by atoms with Gasteiger partial charge in [-0.3, -0.25) is 4.79 Å². The van der Waals surface area contributed by atoms with E-state index >= 15 is 0 Å². The van der Waals surface area contributed by atoms with Crippen LogP contribution in [-0.2, 0) is 21.4 Å². The Morgan fingerprint density at radius 2 is 1.55 bits per heavy atom. The zero-order valence-electron chi connectivity index (χ0n) is 17.1. The summed E-state index contributed by atoms with van der Waals surface area (Å²) in [4.78, 5) is 12.1. The van der Waals surface area contributed by atoms with Gasteiger partial charge in [-0.05, 0) is 54.8 Å². The molecule has 0 aromatic heterocycles. The van der Waals surface area contributed by atoms with Gasteiger partial charge in [-0.15, -0.1) is 0 Å². The van der Waals surface area contributed by atoms with Crippen molar-refractivity contribution in [3.63, 3.8) is 0 Å². The molecular formula is C21H28N2O5S. The number of hydrogen-bond donors (Lipinski definition) is 2. The number of amides is 1. The predicted molar refractivity (Wildman–Crippen MR) is 111 cm³/mol. The second kappa shape index (κ2) is 10.3. The molecule has 8 heteroatoms. The molecule has 0 heterocycles. The standard InChI is InChI=1S/C21H28N2O5S/c1-15(2)13-22-21(24)16(3)28-19-9-11-20(12-10-19)29(25,26)23-14-17-5-7-18(27-4)8-6-17/h5-12,15-16,23H,13-14H2,1-4H3,(H,22,24)/t16-/m0/s1. The topological polar surface area (TPSA) is 93.7 Å². The minimum atomic E-state index is -3.67. The molecule has 2 rings (SSSR count). The Balaban J connectivity index is 1.94. The number of ether oxygens (including phenoxy) is 2. The Kier molecular flexibility index (Phi) is 8.04. The molecule has 1 atom stereocenters. The molecule has 0 spiro atoms. The van der Waals surface area contributed by atoms with Gasteiger partial charge in [-0.2, -0.15) is 0 Å². The summed E-state index contributed by atoms with van der Waals surface area (Å²) in [6.07, 6.45) is -0.676. The molecule has 1 amide bonds. The second-order valence-electron chi connectivity index (χ2n) is 7.04. The smallest absolute Gasteiger partial charge is 0.260 e. The highest BCUT2D eigenvalue weighted by Crippen LogP contribution is 2.18. The van der Waals surface area contributed by atoms with E-state index in [0.717, 1.165) is 5.56 Å². The van der Waals surface area contributed by atoms with Crippen LogP contribution in [0.1, 0.15) is 26.3 Å². The Hall–Kier alpha value is -2.58. The van der Waals surface area contributed by atoms with E-state index in [-0.39, 0.29) is 17.3 Å². The Labute approximate surface area is 172 Å². The van der Waals surface area contributed by atoms with E-state index in [1.165, 1.54) is 24.3 Å². The van der Waals surface area contributed by atoms with Gasteiger partial charge in [-0.25, -0.2) is 13.1 Å². The Morgan fingerprint density at radius 1 is 0.966 bits per heavy atom. The lowest BCUT2D eigenvalue weighted by molar-refractivity contribution is -0.127. The number of benzene rings is 2. The van der Waals surface area contributed by atoms with Gasteiger partial charge in [0.25, 0.3) is 5.91 Å². The summed E-state index contributed by atoms with van der Waals surface area (Å²) in [7, 11) is -2.10. The van der Waals surface area contributed by atoms with E-state index < -0.39 is 16.1 Å². The summed E-state index contributed by atoms with van der Waals surface area (Å²) < 4.78 is 38.2. The lowest BCUT2D eigenvalue weighted by Crippen LogP contribution is -2.38. The fourth-order valence-corrected chi connectivity index (χ4v) is 3.43. The number of nitrogens with one attached hydrogen (secondary N) is 2. The molecule has 0 bridgehead atoms. The van der Waals surface area contributed by atoms with Crippen LogP contribution in [-0.4, -0.2) is 34.1 Å². The second-order valence-corrected chi connectivity index (χ2v) is 8.81. The van der Waals surface area contributed by atoms with E-state index in [1.54, 1.807) is 38.3 Å². The molecule has 0 unspecified atom stereocenters. The van der Waals surface area contributed by atoms with Crippen LogP contribution in [0.2, 0.25) is 0 Å². The zero-order chi connectivity index (χ0) is 21.4. The van der Waals surface area contributed by atoms with E-state index in [0.29, 0.717) is 24.0 Å². The maximum Gasteiger partial charge on any atom is 0.260 e. The van der Waals surface area contributed by atoms with Gasteiger partial charge in [-0.1, -0.05) is 26.0 Å². The zero-order valence-corrected chi connectivity index (χ0v) is 18.0. The van der Waals surface area contributed by atoms with E-state index in [4.69, 9.17) is 9.47 Å². The van der Waals surface area contributed by atoms with Crippen molar-refractivity contribution in [2.75, 3.05) is 13.7 Å². The molecule has 158 valence electrons. The minimum absolute atomic E-state index is 0.121. The molecule has 2 N–H and O–H groups in total. The first-order chi connectivity index (χ1) is 13.7. The maximum absolute atomic E-state index is 12.5. The largest absolute Gasteiger partial charge is 0.497 e. The number of carbonyl (C=O) groups is 1. The van der Waals surface area contributed by atoms with Crippen molar-refractivity contribution in [2.24, 2.45) is 5.92 Å². The van der Waals surface area contributed by atoms with Crippen LogP contribution in [0.4, 0.5) is 0 Å². The number of hydrogen-bond acceptors (Lipinski definition) is 5. The van der Waals surface area contributed by atoms with Crippen molar-refractivity contribution in [1.29, 1.82) is 0 Å². The number of rotatable bonds is 10. The molecular weight excluding hydrogens is 392 g/mol. The van der Waals surface area contributed by atoms with Gasteiger partial charge >= 0.3 is 0 Å². The molecule has 2 aromatic rings. The average molecular weight is 421 g/mol. The summed E-state index contributed by atoms with van der Waals surface area (Å²) in [6.45, 7) is 6.40. The van der Waals surface area contributed by atoms with Crippen molar-refractivity contribution in [1.82, 2.24) is 10.0 Å². The van der Waals surface area contributed by atoms with Gasteiger partial charge in [0.1, 0.15) is 11.5 Å². The van der Waals surface area contributed by atoms with Gasteiger partial charge in [0.05, 0.1) is 12.0 Å². The van der Waals surface area contributed by atoms with Crippen molar-refractivity contribution in [3.8, 4) is 11.5 Å². The fourth-order valence-electron chi connectivity index (χ4n) is 2.41. The fraction of sp³-hybridized carbons (Fsp3) is 0.381. The molecule has 29 heavy (non-hydrogen) atoms. The maximum atomic E-state index is 12.5. The third-order valence-corrected chi connectivity index (χ3v) is 5.54. The Morgan fingerprint density at radius 3 is 2.10 bits per heavy atom. The molecule has 0 fully saturated rings. The summed E-state index contributed by atoms with van der Waals surface area (Å²) in [5, 5.41) is 2.80. The highest BCUT2D eigenvalue weighted by atomic mass is 32.2. The summed E-state index contributed by atoms with van der Waals surface area (Å²) >= 11 is 0. The SMILES string of the molecule is COc1ccc(CNS(=O)(=O)c2ccc(O[C@@H](C)C(=O)NCC(C)C)cc2)cc1. The molecule has 7 nitrogen and oxygen atoms in total. The molecule has 0 saturated heterocycles. The van der Waals surface area contributed by atoms with E-state index in [1.807, 2.05) is 13.8 Å². The first-order valence-electron chi connectivity index (χ1n) is 9.38. The molecule has 0 aliphatic carbocycles. The van der Waals surface area contributed by atoms with Crippen molar-refractivity contribution < 1.29 is 22.7 Å². The summed E-state index contributed by atoms with van der Waals surface area (Å²) in [5.41, 5.74) is 0.815. The molecule has 0 radical (unpaired) electrons. The molecule has 0 aliphatic rings. The van der Waals surface area contributed by atoms with Crippen molar-refractivity contribution in [3.05, 3.63) is 54.1 Å². The van der Waals surface area contributed by atoms with Crippen molar-refractivity contribution >= 4 is 15.9 Å². The lowest BCUT2D eigenvalue weighted by atomic mass is 10.2. The Bertz CT molecular complexity index is 894. The highest BCUT2D eigenvalue weighted by molar-refractivity contribution is 7.89. The van der Waals surface area contributed by atoms with Gasteiger partial charge < -0.3 is 14.8 Å². The summed E-state index contributed by atoms with van der Waals surface area (Å²) in [5.74, 6) is 1.27. The number of sulfonamides is 1. The molecule has 2 aromatic carbocycles. The number of methoxy groups -OCH3 is 1. The first-order valence-corrected chi connectivity index (χ1v) is 10.9. The normalized spacial score (nSPS) is 12.4. The van der Waals surface area contributed by atoms with Crippen LogP contribution in [0, 0.1) is 5.92 Å². The quantitative estimate of drug-likeness (QED) is 0.616. The minimum Gasteiger partial charge on any atom is -0.497 e. The third-order valence-electron chi connectivity index (χ3n) is 4.13. The highest BCUT2D eigenvalue weighted by Gasteiger charge is 2.17. The van der Waals surface area contributed by atoms with Crippen molar-refractivity contribution in [2.45, 2.75) is 38.3 Å². The molecule has 0 aliphatic heterocycles. The van der Waals surface area contributed by atoms with Crippen LogP contribution in [0.15, 0.2) is 53.4 Å².